The molecule has 46 heavy (non-hydrogen) atoms. The molecule has 0 radical (unpaired) electrons. The average Bonchev–Trinajstić information content (AvgIpc) is 3.44. The first-order valence-electron chi connectivity index (χ1n) is 15.4. The topological polar surface area (TPSA) is 172 Å². The molecule has 0 spiro atoms. The first kappa shape index (κ1) is 30.7. The van der Waals surface area contributed by atoms with E-state index < -0.39 is 11.8 Å². The first-order chi connectivity index (χ1) is 22.3. The van der Waals surface area contributed by atoms with Gasteiger partial charge in [0.05, 0.1) is 11.1 Å². The summed E-state index contributed by atoms with van der Waals surface area (Å²) in [6, 6.07) is 15.6. The Balaban J connectivity index is 1.24. The SMILES string of the molecule is CC(=O)NCCNC1CCc2cc(Oc3cc(-c4cccc5c4CC(Oc4ccncc4C(N)=O)CC5)c(C(N)=O)cn3)ccc21. The van der Waals surface area contributed by atoms with Gasteiger partial charge in [0, 0.05) is 62.7 Å². The molecule has 2 aliphatic rings. The minimum absolute atomic E-state index is 0.0393. The van der Waals surface area contributed by atoms with Gasteiger partial charge in [-0.25, -0.2) is 4.98 Å². The van der Waals surface area contributed by atoms with Crippen LogP contribution in [0.1, 0.15) is 68.8 Å². The predicted molar refractivity (Wildman–Crippen MR) is 172 cm³/mol. The fraction of sp³-hybridized carbons (Fsp3) is 0.286. The van der Waals surface area contributed by atoms with Crippen molar-refractivity contribution < 1.29 is 23.9 Å². The van der Waals surface area contributed by atoms with E-state index in [0.29, 0.717) is 42.5 Å². The number of pyridine rings is 2. The molecule has 4 aromatic rings. The predicted octanol–water partition coefficient (Wildman–Crippen LogP) is 3.78. The molecule has 2 aliphatic carbocycles. The van der Waals surface area contributed by atoms with Gasteiger partial charge in [-0.05, 0) is 71.7 Å². The molecule has 11 nitrogen and oxygen atoms in total. The van der Waals surface area contributed by atoms with E-state index in [2.05, 4.69) is 32.7 Å². The number of nitrogens with zero attached hydrogens (tertiary/aromatic N) is 2. The molecule has 2 unspecified atom stereocenters. The minimum atomic E-state index is -0.603. The highest BCUT2D eigenvalue weighted by molar-refractivity contribution is 6.00. The van der Waals surface area contributed by atoms with E-state index in [4.69, 9.17) is 20.9 Å². The standard InChI is InChI=1S/C35H36N6O5/c1-20(42)39-13-14-40-31-10-6-22-15-23(8-9-25(22)31)46-33-17-28(29(19-41-33)34(36)43)26-4-2-3-21-5-7-24(16-27(21)26)45-32-11-12-38-18-30(32)35(37)44/h2-4,8-9,11-12,15,17-19,24,31,40H,5-7,10,13-14,16H2,1H3,(H2,36,43)(H2,37,44)(H,39,42). The molecular formula is C35H36N6O5. The lowest BCUT2D eigenvalue weighted by molar-refractivity contribution is -0.118. The molecule has 2 aromatic carbocycles. The summed E-state index contributed by atoms with van der Waals surface area (Å²) in [5, 5.41) is 6.32. The van der Waals surface area contributed by atoms with Gasteiger partial charge in [-0.2, -0.15) is 0 Å². The third-order valence-corrected chi connectivity index (χ3v) is 8.52. The Morgan fingerprint density at radius 2 is 1.74 bits per heavy atom. The van der Waals surface area contributed by atoms with Gasteiger partial charge in [-0.1, -0.05) is 24.3 Å². The molecular weight excluding hydrogens is 584 g/mol. The van der Waals surface area contributed by atoms with Gasteiger partial charge in [-0.3, -0.25) is 19.4 Å². The number of rotatable bonds is 11. The van der Waals surface area contributed by atoms with Gasteiger partial charge in [0.15, 0.2) is 0 Å². The van der Waals surface area contributed by atoms with E-state index in [1.54, 1.807) is 18.3 Å². The number of aryl methyl sites for hydroxylation is 2. The number of hydrogen-bond donors (Lipinski definition) is 4. The number of hydrogen-bond acceptors (Lipinski definition) is 8. The second-order valence-corrected chi connectivity index (χ2v) is 11.6. The van der Waals surface area contributed by atoms with Crippen molar-refractivity contribution in [1.29, 1.82) is 0 Å². The summed E-state index contributed by atoms with van der Waals surface area (Å²) in [5.74, 6) is 0.151. The van der Waals surface area contributed by atoms with E-state index in [-0.39, 0.29) is 29.2 Å². The molecule has 2 atom stereocenters. The van der Waals surface area contributed by atoms with Gasteiger partial charge in [-0.15, -0.1) is 0 Å². The van der Waals surface area contributed by atoms with Crippen molar-refractivity contribution in [3.05, 3.63) is 101 Å². The maximum absolute atomic E-state index is 12.6. The monoisotopic (exact) mass is 620 g/mol. The minimum Gasteiger partial charge on any atom is -0.489 e. The van der Waals surface area contributed by atoms with Crippen LogP contribution in [0.2, 0.25) is 0 Å². The van der Waals surface area contributed by atoms with Crippen molar-refractivity contribution in [3.8, 4) is 28.5 Å². The zero-order chi connectivity index (χ0) is 32.2. The number of fused-ring (bicyclic) bond motifs is 2. The summed E-state index contributed by atoms with van der Waals surface area (Å²) < 4.78 is 12.5. The summed E-state index contributed by atoms with van der Waals surface area (Å²) in [6.07, 6.45) is 8.12. The van der Waals surface area contributed by atoms with Crippen LogP contribution in [-0.2, 0) is 24.1 Å². The summed E-state index contributed by atoms with van der Waals surface area (Å²) in [6.45, 7) is 2.78. The van der Waals surface area contributed by atoms with Crippen LogP contribution in [0.5, 0.6) is 17.4 Å². The second kappa shape index (κ2) is 13.4. The number of carbonyl (C=O) groups excluding carboxylic acids is 3. The lowest BCUT2D eigenvalue weighted by Gasteiger charge is -2.28. The third-order valence-electron chi connectivity index (χ3n) is 8.52. The highest BCUT2D eigenvalue weighted by atomic mass is 16.5. The number of aromatic nitrogens is 2. The Morgan fingerprint density at radius 1 is 0.913 bits per heavy atom. The van der Waals surface area contributed by atoms with Gasteiger partial charge < -0.3 is 31.6 Å². The molecule has 0 saturated heterocycles. The van der Waals surface area contributed by atoms with Crippen molar-refractivity contribution in [2.45, 2.75) is 51.2 Å². The van der Waals surface area contributed by atoms with Crippen molar-refractivity contribution in [2.75, 3.05) is 13.1 Å². The van der Waals surface area contributed by atoms with Gasteiger partial charge in [0.25, 0.3) is 11.8 Å². The normalized spacial score (nSPS) is 16.6. The van der Waals surface area contributed by atoms with Crippen molar-refractivity contribution >= 4 is 17.7 Å². The fourth-order valence-electron chi connectivity index (χ4n) is 6.34. The van der Waals surface area contributed by atoms with Crippen LogP contribution in [0.25, 0.3) is 11.1 Å². The smallest absolute Gasteiger partial charge is 0.254 e. The molecule has 236 valence electrons. The molecule has 2 aromatic heterocycles. The highest BCUT2D eigenvalue weighted by Gasteiger charge is 2.27. The molecule has 6 N–H and O–H groups in total. The Kier molecular flexibility index (Phi) is 8.93. The summed E-state index contributed by atoms with van der Waals surface area (Å²) in [4.78, 5) is 44.1. The molecule has 0 bridgehead atoms. The first-order valence-corrected chi connectivity index (χ1v) is 15.4. The van der Waals surface area contributed by atoms with Crippen LogP contribution in [-0.4, -0.2) is 46.9 Å². The lowest BCUT2D eigenvalue weighted by atomic mass is 9.83. The number of benzene rings is 2. The number of nitrogens with one attached hydrogen (secondary N) is 2. The van der Waals surface area contributed by atoms with Crippen LogP contribution >= 0.6 is 0 Å². The Hall–Kier alpha value is -5.29. The van der Waals surface area contributed by atoms with E-state index in [0.717, 1.165) is 42.4 Å². The second-order valence-electron chi connectivity index (χ2n) is 11.6. The van der Waals surface area contributed by atoms with Crippen LogP contribution in [0.3, 0.4) is 0 Å². The number of primary amides is 2. The van der Waals surface area contributed by atoms with Crippen LogP contribution in [0.15, 0.2) is 67.1 Å². The zero-order valence-corrected chi connectivity index (χ0v) is 25.5. The summed E-state index contributed by atoms with van der Waals surface area (Å²) >= 11 is 0. The van der Waals surface area contributed by atoms with E-state index >= 15 is 0 Å². The maximum atomic E-state index is 12.6. The molecule has 2 heterocycles. The Labute approximate surface area is 266 Å². The number of carbonyl (C=O) groups is 3. The summed E-state index contributed by atoms with van der Waals surface area (Å²) in [7, 11) is 0. The van der Waals surface area contributed by atoms with Gasteiger partial charge >= 0.3 is 0 Å². The molecule has 3 amide bonds. The Morgan fingerprint density at radius 3 is 2.54 bits per heavy atom. The highest BCUT2D eigenvalue weighted by Crippen LogP contribution is 2.38. The molecule has 0 saturated carbocycles. The number of amides is 3. The third kappa shape index (κ3) is 6.69. The van der Waals surface area contributed by atoms with Crippen molar-refractivity contribution in [1.82, 2.24) is 20.6 Å². The fourth-order valence-corrected chi connectivity index (χ4v) is 6.34. The van der Waals surface area contributed by atoms with Crippen LogP contribution in [0, 0.1) is 0 Å². The average molecular weight is 621 g/mol. The largest absolute Gasteiger partial charge is 0.489 e. The van der Waals surface area contributed by atoms with E-state index in [1.165, 1.54) is 30.4 Å². The van der Waals surface area contributed by atoms with Crippen LogP contribution in [0.4, 0.5) is 0 Å². The zero-order valence-electron chi connectivity index (χ0n) is 25.5. The maximum Gasteiger partial charge on any atom is 0.254 e. The Bertz CT molecular complexity index is 1810. The molecule has 11 heteroatoms. The molecule has 6 rings (SSSR count). The molecule has 0 fully saturated rings. The van der Waals surface area contributed by atoms with Gasteiger partial charge in [0.2, 0.25) is 11.8 Å². The van der Waals surface area contributed by atoms with Crippen molar-refractivity contribution in [3.63, 3.8) is 0 Å². The summed E-state index contributed by atoms with van der Waals surface area (Å²) in [5.41, 5.74) is 17.9. The number of nitrogens with two attached hydrogens (primary N) is 2. The van der Waals surface area contributed by atoms with Gasteiger partial charge in [0.1, 0.15) is 17.6 Å². The van der Waals surface area contributed by atoms with Crippen molar-refractivity contribution in [2.24, 2.45) is 11.5 Å². The van der Waals surface area contributed by atoms with E-state index in [9.17, 15) is 14.4 Å². The van der Waals surface area contributed by atoms with E-state index in [1.807, 2.05) is 24.3 Å². The number of ether oxygens (including phenoxy) is 2. The quantitative estimate of drug-likeness (QED) is 0.184. The lowest BCUT2D eigenvalue weighted by Crippen LogP contribution is -2.31. The molecule has 0 aliphatic heterocycles. The van der Waals surface area contributed by atoms with Crippen LogP contribution < -0.4 is 31.6 Å².